The van der Waals surface area contributed by atoms with E-state index in [0.29, 0.717) is 5.56 Å². The van der Waals surface area contributed by atoms with Crippen LogP contribution >= 0.6 is 0 Å². The van der Waals surface area contributed by atoms with Crippen molar-refractivity contribution in [2.75, 3.05) is 6.54 Å². The van der Waals surface area contributed by atoms with E-state index in [1.54, 1.807) is 19.1 Å². The van der Waals surface area contributed by atoms with Gasteiger partial charge >= 0.3 is 12.0 Å². The molecule has 1 aliphatic rings. The summed E-state index contributed by atoms with van der Waals surface area (Å²) in [4.78, 5) is 24.3. The molecule has 6 nitrogen and oxygen atoms in total. The highest BCUT2D eigenvalue weighted by Crippen LogP contribution is 2.20. The molecule has 0 aromatic heterocycles. The van der Waals surface area contributed by atoms with Gasteiger partial charge in [0.2, 0.25) is 0 Å². The number of hydrogen-bond acceptors (Lipinski definition) is 3. The smallest absolute Gasteiger partial charge is 0.326 e. The third-order valence-corrected chi connectivity index (χ3v) is 3.53. The Labute approximate surface area is 121 Å². The van der Waals surface area contributed by atoms with E-state index in [4.69, 9.17) is 5.11 Å². The van der Waals surface area contributed by atoms with Crippen LogP contribution in [0.4, 0.5) is 9.18 Å². The standard InChI is InChI=1S/C14H17FN2O4/c1-8(9-2-4-10(15)5-3-9)16-14(21)17-7-11(18)6-12(17)13(19)20/h2-5,8,11-12,18H,6-7H2,1H3,(H,16,21)(H,19,20)/t8?,11-,12+/m1/s1. The molecule has 1 aliphatic heterocycles. The van der Waals surface area contributed by atoms with Crippen LogP contribution in [0.3, 0.4) is 0 Å². The first-order valence-corrected chi connectivity index (χ1v) is 6.62. The number of amides is 2. The van der Waals surface area contributed by atoms with Gasteiger partial charge in [-0.15, -0.1) is 0 Å². The number of β-amino-alcohol motifs (C(OH)–C–C–N with tert-alkyl or cyclic N) is 1. The molecule has 0 bridgehead atoms. The number of likely N-dealkylation sites (tertiary alicyclic amines) is 1. The summed E-state index contributed by atoms with van der Waals surface area (Å²) in [5.41, 5.74) is 0.705. The highest BCUT2D eigenvalue weighted by molar-refractivity contribution is 5.83. The number of aliphatic hydroxyl groups excluding tert-OH is 1. The minimum Gasteiger partial charge on any atom is -0.480 e. The molecule has 21 heavy (non-hydrogen) atoms. The summed E-state index contributed by atoms with van der Waals surface area (Å²) in [7, 11) is 0. The largest absolute Gasteiger partial charge is 0.480 e. The van der Waals surface area contributed by atoms with Crippen LogP contribution in [-0.4, -0.2) is 45.8 Å². The number of nitrogens with zero attached hydrogens (tertiary/aromatic N) is 1. The predicted octanol–water partition coefficient (Wildman–Crippen LogP) is 1.12. The quantitative estimate of drug-likeness (QED) is 0.779. The van der Waals surface area contributed by atoms with E-state index in [9.17, 15) is 19.1 Å². The van der Waals surface area contributed by atoms with Crippen LogP contribution in [0, 0.1) is 5.82 Å². The van der Waals surface area contributed by atoms with E-state index in [2.05, 4.69) is 5.32 Å². The number of carbonyl (C=O) groups is 2. The van der Waals surface area contributed by atoms with Gasteiger partial charge in [0.1, 0.15) is 11.9 Å². The molecule has 2 rings (SSSR count). The van der Waals surface area contributed by atoms with Crippen molar-refractivity contribution in [3.63, 3.8) is 0 Å². The second-order valence-electron chi connectivity index (χ2n) is 5.12. The van der Waals surface area contributed by atoms with Gasteiger partial charge in [-0.05, 0) is 24.6 Å². The predicted molar refractivity (Wildman–Crippen MR) is 72.1 cm³/mol. The lowest BCUT2D eigenvalue weighted by molar-refractivity contribution is -0.141. The van der Waals surface area contributed by atoms with Gasteiger partial charge in [0.25, 0.3) is 0 Å². The van der Waals surface area contributed by atoms with Gasteiger partial charge in [0.05, 0.1) is 12.1 Å². The fourth-order valence-electron chi connectivity index (χ4n) is 2.38. The van der Waals surface area contributed by atoms with Gasteiger partial charge < -0.3 is 20.4 Å². The van der Waals surface area contributed by atoms with Crippen molar-refractivity contribution in [1.82, 2.24) is 10.2 Å². The van der Waals surface area contributed by atoms with Crippen LogP contribution in [0.25, 0.3) is 0 Å². The van der Waals surface area contributed by atoms with Gasteiger partial charge in [0, 0.05) is 13.0 Å². The zero-order valence-corrected chi connectivity index (χ0v) is 11.5. The van der Waals surface area contributed by atoms with E-state index in [0.717, 1.165) is 4.90 Å². The number of carboxylic acid groups (broad SMARTS) is 1. The van der Waals surface area contributed by atoms with E-state index >= 15 is 0 Å². The van der Waals surface area contributed by atoms with Gasteiger partial charge in [-0.3, -0.25) is 0 Å². The van der Waals surface area contributed by atoms with Crippen molar-refractivity contribution in [2.45, 2.75) is 31.5 Å². The Morgan fingerprint density at radius 1 is 1.38 bits per heavy atom. The summed E-state index contributed by atoms with van der Waals surface area (Å²) in [6.07, 6.45) is -0.814. The number of urea groups is 1. The lowest BCUT2D eigenvalue weighted by Gasteiger charge is -2.24. The average Bonchev–Trinajstić information content (AvgIpc) is 2.82. The number of nitrogens with one attached hydrogen (secondary N) is 1. The van der Waals surface area contributed by atoms with Crippen LogP contribution in [0.5, 0.6) is 0 Å². The minimum atomic E-state index is -1.14. The zero-order valence-electron chi connectivity index (χ0n) is 11.5. The molecule has 1 heterocycles. The van der Waals surface area contributed by atoms with Crippen molar-refractivity contribution in [3.8, 4) is 0 Å². The Kier molecular flexibility index (Phi) is 4.42. The maximum Gasteiger partial charge on any atom is 0.326 e. The zero-order chi connectivity index (χ0) is 15.6. The molecule has 1 unspecified atom stereocenters. The molecule has 114 valence electrons. The highest BCUT2D eigenvalue weighted by Gasteiger charge is 2.39. The molecule has 1 saturated heterocycles. The first-order valence-electron chi connectivity index (χ1n) is 6.62. The number of halogens is 1. The topological polar surface area (TPSA) is 89.9 Å². The fourth-order valence-corrected chi connectivity index (χ4v) is 2.38. The number of aliphatic carboxylic acids is 1. The molecule has 1 aromatic carbocycles. The second kappa shape index (κ2) is 6.09. The maximum atomic E-state index is 12.9. The van der Waals surface area contributed by atoms with Gasteiger partial charge in [-0.2, -0.15) is 0 Å². The fraction of sp³-hybridized carbons (Fsp3) is 0.429. The summed E-state index contributed by atoms with van der Waals surface area (Å²) in [5, 5.41) is 21.2. The molecule has 1 aromatic rings. The van der Waals surface area contributed by atoms with Crippen molar-refractivity contribution in [1.29, 1.82) is 0 Å². The van der Waals surface area contributed by atoms with E-state index in [1.807, 2.05) is 0 Å². The Balaban J connectivity index is 2.03. The van der Waals surface area contributed by atoms with E-state index < -0.39 is 30.2 Å². The summed E-state index contributed by atoms with van der Waals surface area (Å²) in [6.45, 7) is 1.70. The van der Waals surface area contributed by atoms with Gasteiger partial charge in [0.15, 0.2) is 0 Å². The SMILES string of the molecule is CC(NC(=O)N1C[C@H](O)C[C@H]1C(=O)O)c1ccc(F)cc1. The summed E-state index contributed by atoms with van der Waals surface area (Å²) in [6, 6.07) is 3.69. The normalized spacial score (nSPS) is 22.9. The van der Waals surface area contributed by atoms with E-state index in [1.165, 1.54) is 12.1 Å². The van der Waals surface area contributed by atoms with Crippen molar-refractivity contribution in [2.24, 2.45) is 0 Å². The first kappa shape index (κ1) is 15.2. The first-order chi connectivity index (χ1) is 9.88. The molecule has 3 N–H and O–H groups in total. The Bertz CT molecular complexity index is 534. The number of carbonyl (C=O) groups excluding carboxylic acids is 1. The maximum absolute atomic E-state index is 12.9. The molecule has 3 atom stereocenters. The summed E-state index contributed by atoms with van der Waals surface area (Å²) >= 11 is 0. The highest BCUT2D eigenvalue weighted by atomic mass is 19.1. The Morgan fingerprint density at radius 2 is 2.00 bits per heavy atom. The third kappa shape index (κ3) is 3.49. The molecule has 1 fully saturated rings. The molecule has 7 heteroatoms. The van der Waals surface area contributed by atoms with Crippen molar-refractivity contribution >= 4 is 12.0 Å². The van der Waals surface area contributed by atoms with Crippen molar-refractivity contribution in [3.05, 3.63) is 35.6 Å². The van der Waals surface area contributed by atoms with Gasteiger partial charge in [-0.25, -0.2) is 14.0 Å². The third-order valence-electron chi connectivity index (χ3n) is 3.53. The molecule has 0 radical (unpaired) electrons. The average molecular weight is 296 g/mol. The van der Waals surface area contributed by atoms with Crippen LogP contribution in [0.15, 0.2) is 24.3 Å². The molecular formula is C14H17FN2O4. The lowest BCUT2D eigenvalue weighted by Crippen LogP contribution is -2.46. The van der Waals surface area contributed by atoms with Crippen molar-refractivity contribution < 1.29 is 24.2 Å². The number of benzene rings is 1. The molecule has 2 amide bonds. The summed E-state index contributed by atoms with van der Waals surface area (Å²) in [5.74, 6) is -1.51. The Hall–Kier alpha value is -2.15. The summed E-state index contributed by atoms with van der Waals surface area (Å²) < 4.78 is 12.9. The molecule has 0 spiro atoms. The van der Waals surface area contributed by atoms with E-state index in [-0.39, 0.29) is 18.8 Å². The van der Waals surface area contributed by atoms with Crippen LogP contribution in [0.2, 0.25) is 0 Å². The molecule has 0 saturated carbocycles. The number of rotatable bonds is 3. The number of aliphatic hydroxyl groups is 1. The number of carboxylic acids is 1. The molecule has 0 aliphatic carbocycles. The van der Waals surface area contributed by atoms with Crippen LogP contribution in [0.1, 0.15) is 24.9 Å². The second-order valence-corrected chi connectivity index (χ2v) is 5.12. The number of hydrogen-bond donors (Lipinski definition) is 3. The monoisotopic (exact) mass is 296 g/mol. The van der Waals surface area contributed by atoms with Crippen LogP contribution in [-0.2, 0) is 4.79 Å². The lowest BCUT2D eigenvalue weighted by atomic mass is 10.1. The van der Waals surface area contributed by atoms with Gasteiger partial charge in [-0.1, -0.05) is 12.1 Å². The molecular weight excluding hydrogens is 279 g/mol. The minimum absolute atomic E-state index is 0.0149. The van der Waals surface area contributed by atoms with Crippen LogP contribution < -0.4 is 5.32 Å². The Morgan fingerprint density at radius 3 is 2.57 bits per heavy atom.